The topological polar surface area (TPSA) is 86.8 Å². The lowest BCUT2D eigenvalue weighted by Gasteiger charge is -2.32. The third-order valence-corrected chi connectivity index (χ3v) is 8.19. The van der Waals surface area contributed by atoms with Crippen LogP contribution in [0.15, 0.2) is 48.5 Å². The molecule has 3 rings (SSSR count). The lowest BCUT2D eigenvalue weighted by molar-refractivity contribution is -0.139. The maximum atomic E-state index is 13.7. The quantitative estimate of drug-likeness (QED) is 0.485. The summed E-state index contributed by atoms with van der Waals surface area (Å²) < 4.78 is 26.6. The lowest BCUT2D eigenvalue weighted by Crippen LogP contribution is -2.52. The molecule has 9 heteroatoms. The van der Waals surface area contributed by atoms with Gasteiger partial charge in [-0.2, -0.15) is 0 Å². The summed E-state index contributed by atoms with van der Waals surface area (Å²) in [5.74, 6) is -0.720. The smallest absolute Gasteiger partial charge is 0.244 e. The Hall–Kier alpha value is -2.58. The van der Waals surface area contributed by atoms with Crippen LogP contribution in [0.5, 0.6) is 0 Å². The number of carbonyl (C=O) groups is 2. The van der Waals surface area contributed by atoms with Crippen molar-refractivity contribution in [2.75, 3.05) is 17.1 Å². The zero-order chi connectivity index (χ0) is 27.4. The fourth-order valence-corrected chi connectivity index (χ4v) is 5.61. The van der Waals surface area contributed by atoms with E-state index in [1.165, 1.54) is 4.90 Å². The molecule has 0 unspecified atom stereocenters. The number of amides is 2. The molecular weight excluding hydrogens is 510 g/mol. The van der Waals surface area contributed by atoms with E-state index in [0.717, 1.165) is 47.4 Å². The second-order valence-corrected chi connectivity index (χ2v) is 13.2. The number of carbonyl (C=O) groups excluding carboxylic acids is 2. The standard InChI is InChI=1S/C28H38ClN3O4S/c1-20(27(34)30-24-11-6-7-12-24)31(18-21-9-8-10-23(29)17-21)26(33)19-32(37(5,35)36)25-15-13-22(14-16-25)28(2,3)4/h8-10,13-17,20,24H,6-7,11-12,18-19H2,1-5H3,(H,30,34)/t20-/m1/s1. The average Bonchev–Trinajstić information content (AvgIpc) is 3.32. The first kappa shape index (κ1) is 29.0. The van der Waals surface area contributed by atoms with Gasteiger partial charge >= 0.3 is 0 Å². The molecule has 1 atom stereocenters. The fourth-order valence-electron chi connectivity index (χ4n) is 4.55. The number of halogens is 1. The summed E-state index contributed by atoms with van der Waals surface area (Å²) in [7, 11) is -3.77. The normalized spacial score (nSPS) is 15.3. The Morgan fingerprint density at radius 1 is 1.08 bits per heavy atom. The van der Waals surface area contributed by atoms with Gasteiger partial charge in [-0.3, -0.25) is 13.9 Å². The highest BCUT2D eigenvalue weighted by Gasteiger charge is 2.31. The number of hydrogen-bond acceptors (Lipinski definition) is 4. The number of nitrogens with one attached hydrogen (secondary N) is 1. The van der Waals surface area contributed by atoms with Crippen molar-refractivity contribution < 1.29 is 18.0 Å². The number of benzene rings is 2. The molecule has 0 aromatic heterocycles. The molecule has 2 amide bonds. The van der Waals surface area contributed by atoms with E-state index in [1.54, 1.807) is 37.3 Å². The maximum Gasteiger partial charge on any atom is 0.244 e. The molecule has 1 saturated carbocycles. The molecule has 1 fully saturated rings. The van der Waals surface area contributed by atoms with Gasteiger partial charge in [-0.25, -0.2) is 8.42 Å². The van der Waals surface area contributed by atoms with E-state index in [9.17, 15) is 18.0 Å². The molecule has 2 aromatic rings. The first-order valence-electron chi connectivity index (χ1n) is 12.7. The van der Waals surface area contributed by atoms with Crippen molar-refractivity contribution in [1.82, 2.24) is 10.2 Å². The van der Waals surface area contributed by atoms with Crippen LogP contribution in [-0.2, 0) is 31.6 Å². The Labute approximate surface area is 226 Å². The molecule has 1 N–H and O–H groups in total. The van der Waals surface area contributed by atoms with Crippen LogP contribution in [0.3, 0.4) is 0 Å². The highest BCUT2D eigenvalue weighted by Crippen LogP contribution is 2.26. The third kappa shape index (κ3) is 7.95. The van der Waals surface area contributed by atoms with E-state index in [4.69, 9.17) is 11.6 Å². The molecule has 2 aromatic carbocycles. The van der Waals surface area contributed by atoms with Crippen molar-refractivity contribution in [3.8, 4) is 0 Å². The molecular formula is C28H38ClN3O4S. The van der Waals surface area contributed by atoms with E-state index in [0.29, 0.717) is 10.7 Å². The summed E-state index contributed by atoms with van der Waals surface area (Å²) >= 11 is 6.16. The number of nitrogens with zero attached hydrogens (tertiary/aromatic N) is 2. The van der Waals surface area contributed by atoms with E-state index in [2.05, 4.69) is 26.1 Å². The van der Waals surface area contributed by atoms with Crippen LogP contribution in [0.1, 0.15) is 64.5 Å². The summed E-state index contributed by atoms with van der Waals surface area (Å²) in [6.45, 7) is 7.60. The van der Waals surface area contributed by atoms with Crippen LogP contribution in [0.2, 0.25) is 5.02 Å². The zero-order valence-corrected chi connectivity index (χ0v) is 23.9. The largest absolute Gasteiger partial charge is 0.352 e. The second-order valence-electron chi connectivity index (χ2n) is 10.9. The minimum atomic E-state index is -3.77. The maximum absolute atomic E-state index is 13.7. The minimum absolute atomic E-state index is 0.0971. The Bertz CT molecular complexity index is 1200. The van der Waals surface area contributed by atoms with E-state index in [-0.39, 0.29) is 23.9 Å². The Kier molecular flexibility index (Phi) is 9.29. The number of rotatable bonds is 9. The van der Waals surface area contributed by atoms with Crippen molar-refractivity contribution in [1.29, 1.82) is 0 Å². The first-order valence-corrected chi connectivity index (χ1v) is 14.9. The van der Waals surface area contributed by atoms with E-state index < -0.39 is 28.5 Å². The van der Waals surface area contributed by atoms with Crippen LogP contribution in [-0.4, -0.2) is 50.0 Å². The summed E-state index contributed by atoms with van der Waals surface area (Å²) in [6, 6.07) is 13.6. The molecule has 0 aliphatic heterocycles. The average molecular weight is 548 g/mol. The van der Waals surface area contributed by atoms with Crippen molar-refractivity contribution in [3.63, 3.8) is 0 Å². The Morgan fingerprint density at radius 2 is 1.70 bits per heavy atom. The van der Waals surface area contributed by atoms with E-state index in [1.807, 2.05) is 18.2 Å². The van der Waals surface area contributed by atoms with Crippen molar-refractivity contribution >= 4 is 39.1 Å². The molecule has 0 bridgehead atoms. The summed E-state index contributed by atoms with van der Waals surface area (Å²) in [4.78, 5) is 28.2. The van der Waals surface area contributed by atoms with Gasteiger partial charge in [-0.05, 0) is 60.6 Å². The van der Waals surface area contributed by atoms with Gasteiger partial charge in [0, 0.05) is 17.6 Å². The summed E-state index contributed by atoms with van der Waals surface area (Å²) in [6.07, 6.45) is 5.07. The molecule has 1 aliphatic carbocycles. The van der Waals surface area contributed by atoms with Crippen molar-refractivity contribution in [2.24, 2.45) is 0 Å². The van der Waals surface area contributed by atoms with Crippen LogP contribution < -0.4 is 9.62 Å². The molecule has 37 heavy (non-hydrogen) atoms. The molecule has 202 valence electrons. The molecule has 0 saturated heterocycles. The molecule has 1 aliphatic rings. The molecule has 0 heterocycles. The molecule has 0 spiro atoms. The monoisotopic (exact) mass is 547 g/mol. The first-order chi connectivity index (χ1) is 17.3. The molecule has 7 nitrogen and oxygen atoms in total. The van der Waals surface area contributed by atoms with Gasteiger partial charge in [0.05, 0.1) is 11.9 Å². The molecule has 0 radical (unpaired) electrons. The summed E-state index contributed by atoms with van der Waals surface area (Å²) in [5, 5.41) is 3.57. The van der Waals surface area contributed by atoms with Crippen LogP contribution >= 0.6 is 11.6 Å². The fraction of sp³-hybridized carbons (Fsp3) is 0.500. The highest BCUT2D eigenvalue weighted by atomic mass is 35.5. The third-order valence-electron chi connectivity index (χ3n) is 6.81. The number of anilines is 1. The minimum Gasteiger partial charge on any atom is -0.352 e. The van der Waals surface area contributed by atoms with Gasteiger partial charge in [-0.15, -0.1) is 0 Å². The SMILES string of the molecule is C[C@H](C(=O)NC1CCCC1)N(Cc1cccc(Cl)c1)C(=O)CN(c1ccc(C(C)(C)C)cc1)S(C)(=O)=O. The summed E-state index contributed by atoms with van der Waals surface area (Å²) in [5.41, 5.74) is 2.10. The lowest BCUT2D eigenvalue weighted by atomic mass is 9.87. The zero-order valence-electron chi connectivity index (χ0n) is 22.3. The van der Waals surface area contributed by atoms with Crippen LogP contribution in [0.25, 0.3) is 0 Å². The van der Waals surface area contributed by atoms with Crippen molar-refractivity contribution in [3.05, 3.63) is 64.7 Å². The second kappa shape index (κ2) is 11.9. The predicted molar refractivity (Wildman–Crippen MR) is 149 cm³/mol. The highest BCUT2D eigenvalue weighted by molar-refractivity contribution is 7.92. The van der Waals surface area contributed by atoms with Gasteiger partial charge in [0.25, 0.3) is 0 Å². The number of hydrogen-bond donors (Lipinski definition) is 1. The predicted octanol–water partition coefficient (Wildman–Crippen LogP) is 4.88. The van der Waals surface area contributed by atoms with Crippen molar-refractivity contribution in [2.45, 2.75) is 77.4 Å². The Balaban J connectivity index is 1.88. The van der Waals surface area contributed by atoms with Gasteiger partial charge in [0.1, 0.15) is 12.6 Å². The van der Waals surface area contributed by atoms with Gasteiger partial charge < -0.3 is 10.2 Å². The van der Waals surface area contributed by atoms with E-state index >= 15 is 0 Å². The number of sulfonamides is 1. The van der Waals surface area contributed by atoms with Gasteiger partial charge in [-0.1, -0.05) is 69.5 Å². The van der Waals surface area contributed by atoms with Gasteiger partial charge in [0.15, 0.2) is 0 Å². The van der Waals surface area contributed by atoms with Crippen LogP contribution in [0.4, 0.5) is 5.69 Å². The Morgan fingerprint density at radius 3 is 2.24 bits per heavy atom. The van der Waals surface area contributed by atoms with Gasteiger partial charge in [0.2, 0.25) is 21.8 Å². The van der Waals surface area contributed by atoms with Crippen LogP contribution in [0, 0.1) is 0 Å².